The Labute approximate surface area is 123 Å². The minimum absolute atomic E-state index is 0.923. The Kier molecular flexibility index (Phi) is 2.58. The summed E-state index contributed by atoms with van der Waals surface area (Å²) in [5, 5.41) is 2.30. The summed E-state index contributed by atoms with van der Waals surface area (Å²) in [5.41, 5.74) is 6.41. The van der Waals surface area contributed by atoms with E-state index in [9.17, 15) is 0 Å². The molecule has 0 radical (unpaired) electrons. The molecule has 0 spiro atoms. The molecule has 0 unspecified atom stereocenters. The Morgan fingerprint density at radius 1 is 0.762 bits per heavy atom. The van der Waals surface area contributed by atoms with Crippen molar-refractivity contribution in [1.29, 1.82) is 0 Å². The van der Waals surface area contributed by atoms with Gasteiger partial charge in [-0.05, 0) is 61.4 Å². The molecule has 0 aliphatic carbocycles. The molecule has 0 N–H and O–H groups in total. The number of fused-ring (bicyclic) bond motifs is 3. The van der Waals surface area contributed by atoms with Crippen LogP contribution in [0, 0.1) is 13.8 Å². The third-order valence-electron chi connectivity index (χ3n) is 3.84. The topological polar surface area (TPSA) is 26.0 Å². The van der Waals surface area contributed by atoms with Crippen LogP contribution in [0.2, 0.25) is 0 Å². The molecular weight excluding hydrogens is 258 g/mol. The normalized spacial score (nSPS) is 11.3. The van der Waals surface area contributed by atoms with Crippen LogP contribution >= 0.6 is 0 Å². The van der Waals surface area contributed by atoms with Crippen molar-refractivity contribution in [3.63, 3.8) is 0 Å². The van der Waals surface area contributed by atoms with Crippen molar-refractivity contribution in [3.8, 4) is 11.3 Å². The summed E-state index contributed by atoms with van der Waals surface area (Å²) in [6.07, 6.45) is 1.85. The molecule has 2 aromatic carbocycles. The molecule has 4 aromatic rings. The lowest BCUT2D eigenvalue weighted by Gasteiger charge is -2.02. The maximum absolute atomic E-state index is 5.93. The minimum Gasteiger partial charge on any atom is -0.456 e. The summed E-state index contributed by atoms with van der Waals surface area (Å²) in [4.78, 5) is 4.46. The number of aromatic nitrogens is 1. The lowest BCUT2D eigenvalue weighted by Crippen LogP contribution is -1.83. The lowest BCUT2D eigenvalue weighted by atomic mass is 10.1. The second kappa shape index (κ2) is 4.45. The number of benzene rings is 2. The summed E-state index contributed by atoms with van der Waals surface area (Å²) in [6.45, 7) is 4.16. The van der Waals surface area contributed by atoms with Gasteiger partial charge in [0.25, 0.3) is 0 Å². The van der Waals surface area contributed by atoms with Crippen molar-refractivity contribution in [2.24, 2.45) is 0 Å². The van der Waals surface area contributed by atoms with E-state index >= 15 is 0 Å². The van der Waals surface area contributed by atoms with E-state index in [4.69, 9.17) is 4.42 Å². The van der Waals surface area contributed by atoms with Gasteiger partial charge in [0.1, 0.15) is 11.2 Å². The fourth-order valence-corrected chi connectivity index (χ4v) is 2.74. The first-order chi connectivity index (χ1) is 10.2. The Hall–Kier alpha value is -2.61. The minimum atomic E-state index is 0.923. The highest BCUT2D eigenvalue weighted by molar-refractivity contribution is 6.06. The van der Waals surface area contributed by atoms with Crippen molar-refractivity contribution >= 4 is 21.9 Å². The molecule has 0 aliphatic heterocycles. The van der Waals surface area contributed by atoms with Crippen LogP contribution in [0.5, 0.6) is 0 Å². The number of furan rings is 1. The van der Waals surface area contributed by atoms with Gasteiger partial charge in [-0.25, -0.2) is 0 Å². The largest absolute Gasteiger partial charge is 0.456 e. The third-order valence-corrected chi connectivity index (χ3v) is 3.84. The Bertz CT molecular complexity index is 966. The molecule has 2 nitrogen and oxygen atoms in total. The fourth-order valence-electron chi connectivity index (χ4n) is 2.74. The van der Waals surface area contributed by atoms with E-state index in [1.54, 1.807) is 0 Å². The average Bonchev–Trinajstić information content (AvgIpc) is 2.83. The number of aryl methyl sites for hydroxylation is 2. The zero-order chi connectivity index (χ0) is 14.4. The van der Waals surface area contributed by atoms with Crippen LogP contribution in [-0.2, 0) is 0 Å². The van der Waals surface area contributed by atoms with Crippen LogP contribution in [0.1, 0.15) is 11.1 Å². The van der Waals surface area contributed by atoms with Gasteiger partial charge in [-0.1, -0.05) is 12.1 Å². The van der Waals surface area contributed by atoms with E-state index < -0.39 is 0 Å². The van der Waals surface area contributed by atoms with Crippen LogP contribution in [0.25, 0.3) is 33.2 Å². The second-order valence-corrected chi connectivity index (χ2v) is 5.53. The molecule has 2 aromatic heterocycles. The van der Waals surface area contributed by atoms with Crippen LogP contribution in [0.15, 0.2) is 59.1 Å². The Morgan fingerprint density at radius 2 is 1.62 bits per heavy atom. The first-order valence-electron chi connectivity index (χ1n) is 7.07. The van der Waals surface area contributed by atoms with E-state index in [-0.39, 0.29) is 0 Å². The summed E-state index contributed by atoms with van der Waals surface area (Å²) in [7, 11) is 0. The van der Waals surface area contributed by atoms with Crippen molar-refractivity contribution in [2.75, 3.05) is 0 Å². The molecule has 0 aliphatic rings. The number of hydrogen-bond donors (Lipinski definition) is 0. The molecule has 0 saturated carbocycles. The van der Waals surface area contributed by atoms with Crippen LogP contribution in [0.4, 0.5) is 0 Å². The molecule has 0 saturated heterocycles. The smallest absolute Gasteiger partial charge is 0.135 e. The molecule has 102 valence electrons. The zero-order valence-corrected chi connectivity index (χ0v) is 12.1. The highest BCUT2D eigenvalue weighted by Crippen LogP contribution is 2.32. The monoisotopic (exact) mass is 273 g/mol. The van der Waals surface area contributed by atoms with Crippen molar-refractivity contribution < 1.29 is 4.42 Å². The van der Waals surface area contributed by atoms with Gasteiger partial charge in [0.15, 0.2) is 0 Å². The first kappa shape index (κ1) is 12.2. The van der Waals surface area contributed by atoms with Gasteiger partial charge in [0.2, 0.25) is 0 Å². The Morgan fingerprint density at radius 3 is 2.48 bits per heavy atom. The van der Waals surface area contributed by atoms with Gasteiger partial charge in [-0.3, -0.25) is 4.98 Å². The number of hydrogen-bond acceptors (Lipinski definition) is 2. The second-order valence-electron chi connectivity index (χ2n) is 5.53. The summed E-state index contributed by atoms with van der Waals surface area (Å²) in [6, 6.07) is 16.7. The van der Waals surface area contributed by atoms with Gasteiger partial charge in [-0.2, -0.15) is 0 Å². The van der Waals surface area contributed by atoms with E-state index in [2.05, 4.69) is 55.2 Å². The van der Waals surface area contributed by atoms with E-state index in [0.717, 1.165) is 33.2 Å². The number of pyridine rings is 1. The van der Waals surface area contributed by atoms with Gasteiger partial charge >= 0.3 is 0 Å². The molecule has 4 rings (SSSR count). The van der Waals surface area contributed by atoms with E-state index in [1.165, 1.54) is 11.1 Å². The molecule has 2 heterocycles. The van der Waals surface area contributed by atoms with Gasteiger partial charge in [-0.15, -0.1) is 0 Å². The molecule has 0 bridgehead atoms. The first-order valence-corrected chi connectivity index (χ1v) is 7.07. The summed E-state index contributed by atoms with van der Waals surface area (Å²) < 4.78 is 5.93. The van der Waals surface area contributed by atoms with Gasteiger partial charge in [0.05, 0.1) is 5.69 Å². The highest BCUT2D eigenvalue weighted by Gasteiger charge is 2.09. The average molecular weight is 273 g/mol. The third kappa shape index (κ3) is 2.00. The fraction of sp³-hybridized carbons (Fsp3) is 0.105. The molecule has 21 heavy (non-hydrogen) atoms. The van der Waals surface area contributed by atoms with Crippen LogP contribution in [-0.4, -0.2) is 4.98 Å². The highest BCUT2D eigenvalue weighted by atomic mass is 16.3. The van der Waals surface area contributed by atoms with Crippen molar-refractivity contribution in [3.05, 3.63) is 65.9 Å². The van der Waals surface area contributed by atoms with Gasteiger partial charge in [0, 0.05) is 22.5 Å². The Balaban J connectivity index is 1.99. The van der Waals surface area contributed by atoms with Crippen molar-refractivity contribution in [2.45, 2.75) is 13.8 Å². The standard InChI is InChI=1S/C19H15NO/c1-12-3-5-15-16-11-14(17-9-13(2)7-8-20-17)4-6-18(16)21-19(15)10-12/h3-11H,1-2H3. The predicted molar refractivity (Wildman–Crippen MR) is 86.4 cm³/mol. The van der Waals surface area contributed by atoms with E-state index in [1.807, 2.05) is 18.3 Å². The number of nitrogens with zero attached hydrogens (tertiary/aromatic N) is 1. The number of rotatable bonds is 1. The summed E-state index contributed by atoms with van der Waals surface area (Å²) in [5.74, 6) is 0. The maximum Gasteiger partial charge on any atom is 0.135 e. The van der Waals surface area contributed by atoms with E-state index in [0.29, 0.717) is 0 Å². The lowest BCUT2D eigenvalue weighted by molar-refractivity contribution is 0.668. The molecule has 0 fully saturated rings. The molecule has 2 heteroatoms. The molecule has 0 amide bonds. The van der Waals surface area contributed by atoms with Crippen LogP contribution < -0.4 is 0 Å². The molecule has 0 atom stereocenters. The predicted octanol–water partition coefficient (Wildman–Crippen LogP) is 5.26. The quantitative estimate of drug-likeness (QED) is 0.472. The maximum atomic E-state index is 5.93. The van der Waals surface area contributed by atoms with Crippen molar-refractivity contribution in [1.82, 2.24) is 4.98 Å². The zero-order valence-electron chi connectivity index (χ0n) is 12.1. The SMILES string of the molecule is Cc1ccnc(-c2ccc3oc4cc(C)ccc4c3c2)c1. The molecular formula is C19H15NO. The van der Waals surface area contributed by atoms with Gasteiger partial charge < -0.3 is 4.42 Å². The van der Waals surface area contributed by atoms with Crippen LogP contribution in [0.3, 0.4) is 0 Å². The summed E-state index contributed by atoms with van der Waals surface area (Å²) >= 11 is 0.